The predicted molar refractivity (Wildman–Crippen MR) is 124 cm³/mol. The van der Waals surface area contributed by atoms with Crippen molar-refractivity contribution in [1.29, 1.82) is 0 Å². The topological polar surface area (TPSA) is 130 Å². The maximum absolute atomic E-state index is 15.4. The lowest BCUT2D eigenvalue weighted by Crippen LogP contribution is -2.48. The number of morpholine rings is 1. The van der Waals surface area contributed by atoms with Crippen LogP contribution in [0.15, 0.2) is 15.7 Å². The first-order chi connectivity index (χ1) is 16.0. The number of halogens is 1. The molecule has 0 radical (unpaired) electrons. The average molecular weight is 480 g/mol. The van der Waals surface area contributed by atoms with Crippen molar-refractivity contribution in [2.75, 3.05) is 44.1 Å². The fourth-order valence-corrected chi connectivity index (χ4v) is 4.15. The van der Waals surface area contributed by atoms with Gasteiger partial charge in [-0.3, -0.25) is 9.36 Å². The van der Waals surface area contributed by atoms with E-state index in [1.807, 2.05) is 0 Å². The summed E-state index contributed by atoms with van der Waals surface area (Å²) < 4.78 is 33.9. The molecule has 1 aromatic carbocycles. The number of nitrogen functional groups attached to an aromatic ring is 1. The summed E-state index contributed by atoms with van der Waals surface area (Å²) in [5.74, 6) is 5.10. The molecule has 0 spiro atoms. The van der Waals surface area contributed by atoms with Crippen molar-refractivity contribution < 1.29 is 23.4 Å². The molecule has 1 aliphatic heterocycles. The third-order valence-corrected chi connectivity index (χ3v) is 5.73. The fourth-order valence-electron chi connectivity index (χ4n) is 4.15. The van der Waals surface area contributed by atoms with E-state index in [1.165, 1.54) is 11.7 Å². The molecule has 2 aliphatic rings. The highest BCUT2D eigenvalue weighted by Crippen LogP contribution is 2.42. The van der Waals surface area contributed by atoms with E-state index < -0.39 is 34.9 Å². The molecule has 2 fully saturated rings. The number of nitrogens with two attached hydrogens (primary N) is 1. The summed E-state index contributed by atoms with van der Waals surface area (Å²) in [7, 11) is 1.37. The Morgan fingerprint density at radius 1 is 1.32 bits per heavy atom. The summed E-state index contributed by atoms with van der Waals surface area (Å²) in [6.07, 6.45) is 0.482. The van der Waals surface area contributed by atoms with Crippen LogP contribution in [-0.2, 0) is 9.47 Å². The van der Waals surface area contributed by atoms with Crippen LogP contribution >= 0.6 is 0 Å². The SMILES string of the molecule is COc1c(N2CCOC(CNC(=O)OC(C)(C)C)C2)c(F)cc2c(=O)n(N)c(=O)n(C3CC3)c12. The minimum atomic E-state index is -0.790. The molecule has 2 heterocycles. The summed E-state index contributed by atoms with van der Waals surface area (Å²) in [5.41, 5.74) is -1.74. The van der Waals surface area contributed by atoms with Crippen LogP contribution in [0.1, 0.15) is 39.7 Å². The van der Waals surface area contributed by atoms with Gasteiger partial charge in [0, 0.05) is 25.7 Å². The second kappa shape index (κ2) is 8.82. The number of benzene rings is 1. The van der Waals surface area contributed by atoms with Gasteiger partial charge < -0.3 is 30.3 Å². The normalized spacial score (nSPS) is 18.7. The molecule has 34 heavy (non-hydrogen) atoms. The number of hydrogen-bond donors (Lipinski definition) is 2. The first kappa shape index (κ1) is 23.9. The minimum Gasteiger partial charge on any atom is -0.492 e. The highest BCUT2D eigenvalue weighted by atomic mass is 19.1. The van der Waals surface area contributed by atoms with E-state index in [9.17, 15) is 14.4 Å². The zero-order valence-electron chi connectivity index (χ0n) is 19.7. The van der Waals surface area contributed by atoms with E-state index in [-0.39, 0.29) is 48.1 Å². The first-order valence-corrected chi connectivity index (χ1v) is 11.2. The smallest absolute Gasteiger partial charge is 0.407 e. The van der Waals surface area contributed by atoms with Crippen LogP contribution in [0.3, 0.4) is 0 Å². The molecule has 1 saturated heterocycles. The third-order valence-electron chi connectivity index (χ3n) is 5.73. The number of aromatic nitrogens is 2. The Kier molecular flexibility index (Phi) is 6.19. The standard InChI is InChI=1S/C22H30FN5O6/c1-22(2,3)34-20(30)25-10-13-11-26(7-8-33-13)17-15(23)9-14-16(18(17)32-4)27(12-5-6-12)21(31)28(24)19(14)29/h9,12-13H,5-8,10-11,24H2,1-4H3,(H,25,30). The van der Waals surface area contributed by atoms with Gasteiger partial charge in [-0.15, -0.1) is 0 Å². The molecule has 1 amide bonds. The van der Waals surface area contributed by atoms with Crippen LogP contribution in [0.4, 0.5) is 14.9 Å². The Morgan fingerprint density at radius 3 is 2.65 bits per heavy atom. The number of methoxy groups -OCH3 is 1. The van der Waals surface area contributed by atoms with Gasteiger partial charge in [-0.25, -0.2) is 14.0 Å². The van der Waals surface area contributed by atoms with Gasteiger partial charge in [-0.1, -0.05) is 0 Å². The number of hydrogen-bond acceptors (Lipinski definition) is 8. The monoisotopic (exact) mass is 479 g/mol. The molecule has 0 bridgehead atoms. The number of anilines is 1. The van der Waals surface area contributed by atoms with Crippen LogP contribution < -0.4 is 32.0 Å². The number of fused-ring (bicyclic) bond motifs is 1. The molecule has 186 valence electrons. The predicted octanol–water partition coefficient (Wildman–Crippen LogP) is 1.09. The van der Waals surface area contributed by atoms with Crippen molar-refractivity contribution in [3.8, 4) is 5.75 Å². The molecule has 3 N–H and O–H groups in total. The third kappa shape index (κ3) is 4.54. The number of carbonyl (C=O) groups excluding carboxylic acids is 1. The lowest BCUT2D eigenvalue weighted by molar-refractivity contribution is 0.0280. The number of alkyl carbamates (subject to hydrolysis) is 1. The van der Waals surface area contributed by atoms with Crippen LogP contribution in [0, 0.1) is 5.82 Å². The number of nitrogens with one attached hydrogen (secondary N) is 1. The first-order valence-electron chi connectivity index (χ1n) is 11.2. The average Bonchev–Trinajstić information content (AvgIpc) is 3.60. The number of rotatable bonds is 5. The molecule has 12 heteroatoms. The fraction of sp³-hybridized carbons (Fsp3) is 0.591. The highest BCUT2D eigenvalue weighted by Gasteiger charge is 2.33. The Labute approximate surface area is 195 Å². The van der Waals surface area contributed by atoms with Crippen LogP contribution in [0.5, 0.6) is 5.75 Å². The second-order valence-corrected chi connectivity index (χ2v) is 9.52. The Balaban J connectivity index is 1.69. The second-order valence-electron chi connectivity index (χ2n) is 9.52. The van der Waals surface area contributed by atoms with E-state index in [0.717, 1.165) is 18.9 Å². The summed E-state index contributed by atoms with van der Waals surface area (Å²) in [5, 5.41) is 2.64. The van der Waals surface area contributed by atoms with Crippen molar-refractivity contribution in [3.63, 3.8) is 0 Å². The number of amides is 1. The Morgan fingerprint density at radius 2 is 2.03 bits per heavy atom. The van der Waals surface area contributed by atoms with Gasteiger partial charge >= 0.3 is 11.8 Å². The minimum absolute atomic E-state index is 0.0245. The van der Waals surface area contributed by atoms with Crippen LogP contribution in [-0.4, -0.2) is 60.4 Å². The largest absolute Gasteiger partial charge is 0.492 e. The van der Waals surface area contributed by atoms with E-state index in [4.69, 9.17) is 20.1 Å². The van der Waals surface area contributed by atoms with Crippen molar-refractivity contribution in [3.05, 3.63) is 32.7 Å². The highest BCUT2D eigenvalue weighted by molar-refractivity contribution is 5.91. The summed E-state index contributed by atoms with van der Waals surface area (Å²) in [6.45, 7) is 6.33. The molecule has 1 unspecified atom stereocenters. The van der Waals surface area contributed by atoms with Crippen molar-refractivity contribution in [1.82, 2.24) is 14.6 Å². The zero-order chi connectivity index (χ0) is 24.8. The molecule has 2 aromatic rings. The van der Waals surface area contributed by atoms with Gasteiger partial charge in [0.25, 0.3) is 5.56 Å². The zero-order valence-corrected chi connectivity index (χ0v) is 19.7. The Hall–Kier alpha value is -3.28. The molecule has 1 saturated carbocycles. The van der Waals surface area contributed by atoms with Crippen LogP contribution in [0.25, 0.3) is 10.9 Å². The van der Waals surface area contributed by atoms with E-state index in [0.29, 0.717) is 11.2 Å². The van der Waals surface area contributed by atoms with Gasteiger partial charge in [-0.2, -0.15) is 4.68 Å². The van der Waals surface area contributed by atoms with Gasteiger partial charge in [0.15, 0.2) is 11.6 Å². The van der Waals surface area contributed by atoms with Crippen LogP contribution in [0.2, 0.25) is 0 Å². The number of nitrogens with zero attached hydrogens (tertiary/aromatic N) is 3. The molecule has 1 atom stereocenters. The van der Waals surface area contributed by atoms with Gasteiger partial charge in [0.1, 0.15) is 16.8 Å². The Bertz CT molecular complexity index is 1230. The van der Waals surface area contributed by atoms with Crippen molar-refractivity contribution >= 4 is 22.7 Å². The summed E-state index contributed by atoms with van der Waals surface area (Å²) in [4.78, 5) is 39.2. The molecular formula is C22H30FN5O6. The maximum atomic E-state index is 15.4. The van der Waals surface area contributed by atoms with E-state index in [1.54, 1.807) is 25.7 Å². The quantitative estimate of drug-likeness (QED) is 0.610. The van der Waals surface area contributed by atoms with E-state index in [2.05, 4.69) is 5.32 Å². The molecule has 4 rings (SSSR count). The molecule has 1 aromatic heterocycles. The number of carbonyl (C=O) groups is 1. The molecular weight excluding hydrogens is 449 g/mol. The summed E-state index contributed by atoms with van der Waals surface area (Å²) >= 11 is 0. The number of ether oxygens (including phenoxy) is 3. The van der Waals surface area contributed by atoms with Gasteiger partial charge in [-0.05, 0) is 39.7 Å². The lowest BCUT2D eigenvalue weighted by Gasteiger charge is -2.35. The summed E-state index contributed by atoms with van der Waals surface area (Å²) in [6, 6.07) is 0.966. The van der Waals surface area contributed by atoms with E-state index >= 15 is 4.39 Å². The molecule has 11 nitrogen and oxygen atoms in total. The van der Waals surface area contributed by atoms with Crippen molar-refractivity contribution in [2.24, 2.45) is 0 Å². The van der Waals surface area contributed by atoms with Crippen molar-refractivity contribution in [2.45, 2.75) is 51.4 Å². The van der Waals surface area contributed by atoms with Gasteiger partial charge in [0.05, 0.1) is 25.2 Å². The lowest BCUT2D eigenvalue weighted by atomic mass is 10.1. The maximum Gasteiger partial charge on any atom is 0.407 e. The van der Waals surface area contributed by atoms with Gasteiger partial charge in [0.2, 0.25) is 0 Å². The molecule has 1 aliphatic carbocycles.